The normalized spacial score (nSPS) is 13.0. The summed E-state index contributed by atoms with van der Waals surface area (Å²) in [5.41, 5.74) is -4.18. The Morgan fingerprint density at radius 2 is 0.862 bits per heavy atom. The summed E-state index contributed by atoms with van der Waals surface area (Å²) in [5, 5.41) is 36.3. The van der Waals surface area contributed by atoms with Crippen molar-refractivity contribution in [2.45, 2.75) is 17.5 Å². The van der Waals surface area contributed by atoms with E-state index < -0.39 is 74.3 Å². The highest BCUT2D eigenvalue weighted by molar-refractivity contribution is 4.78. The first kappa shape index (κ1) is 26.0. The Hall–Kier alpha value is -2.98. The van der Waals surface area contributed by atoms with E-state index in [2.05, 4.69) is 9.47 Å². The molecule has 0 heterocycles. The highest BCUT2D eigenvalue weighted by atomic mass is 19.4. The molecule has 0 atom stereocenters. The predicted molar refractivity (Wildman–Crippen MR) is 68.1 cm³/mol. The molecular weight excluding hydrogens is 442 g/mol. The number of alkyl halides is 2. The van der Waals surface area contributed by atoms with Crippen LogP contribution in [0.1, 0.15) is 0 Å². The average Bonchev–Trinajstić information content (AvgIpc) is 2.58. The number of nitro groups is 4. The van der Waals surface area contributed by atoms with Gasteiger partial charge in [0.15, 0.2) is 0 Å². The second-order valence-corrected chi connectivity index (χ2v) is 4.90. The Labute approximate surface area is 152 Å². The van der Waals surface area contributed by atoms with Crippen LogP contribution in [0.2, 0.25) is 0 Å². The first-order valence-electron chi connectivity index (χ1n) is 6.43. The van der Waals surface area contributed by atoms with Crippen LogP contribution in [0.3, 0.4) is 0 Å². The van der Waals surface area contributed by atoms with Crippen LogP contribution in [0.15, 0.2) is 0 Å². The maximum Gasteiger partial charge on any atom is 0.637 e. The number of halogens is 6. The van der Waals surface area contributed by atoms with Gasteiger partial charge < -0.3 is 9.47 Å². The molecule has 0 amide bonds. The highest BCUT2D eigenvalue weighted by Crippen LogP contribution is 2.27. The van der Waals surface area contributed by atoms with E-state index in [0.29, 0.717) is 0 Å². The lowest BCUT2D eigenvalue weighted by atomic mass is 10.2. The quantitative estimate of drug-likeness (QED) is 0.0872. The zero-order valence-electron chi connectivity index (χ0n) is 13.4. The number of ether oxygens (including phenoxy) is 2. The molecule has 0 aliphatic rings. The lowest BCUT2D eigenvalue weighted by molar-refractivity contribution is -0.833. The van der Waals surface area contributed by atoms with Crippen molar-refractivity contribution in [3.63, 3.8) is 0 Å². The molecule has 16 nitrogen and oxygen atoms in total. The number of hydrogen-bond donors (Lipinski definition) is 0. The Balaban J connectivity index is 5.42. The molecular formula is C7H8F6N6O10. The number of hydrogen-bond acceptors (Lipinski definition) is 12. The Kier molecular flexibility index (Phi) is 8.51. The molecule has 0 spiro atoms. The summed E-state index contributed by atoms with van der Waals surface area (Å²) in [5.74, 6) is -9.24. The van der Waals surface area contributed by atoms with Crippen LogP contribution >= 0.6 is 0 Å². The van der Waals surface area contributed by atoms with Gasteiger partial charge >= 0.3 is 11.8 Å². The molecule has 0 bridgehead atoms. The molecule has 0 saturated carbocycles. The van der Waals surface area contributed by atoms with Gasteiger partial charge in [-0.2, -0.15) is 0 Å². The molecule has 0 N–H and O–H groups in total. The van der Waals surface area contributed by atoms with Gasteiger partial charge in [0.25, 0.3) is 0 Å². The van der Waals surface area contributed by atoms with Crippen molar-refractivity contribution in [1.82, 2.24) is 10.7 Å². The Morgan fingerprint density at radius 1 is 0.621 bits per heavy atom. The first-order chi connectivity index (χ1) is 13.1. The van der Waals surface area contributed by atoms with E-state index >= 15 is 0 Å². The zero-order valence-corrected chi connectivity index (χ0v) is 13.4. The predicted octanol–water partition coefficient (Wildman–Crippen LogP) is 0.211. The van der Waals surface area contributed by atoms with Crippen molar-refractivity contribution in [3.05, 3.63) is 40.5 Å². The lowest BCUT2D eigenvalue weighted by Gasteiger charge is -2.31. The number of nitrogens with zero attached hydrogens (tertiary/aromatic N) is 6. The minimum atomic E-state index is -4.62. The molecule has 0 aliphatic heterocycles. The van der Waals surface area contributed by atoms with Gasteiger partial charge in [0, 0.05) is 0 Å². The number of rotatable bonds is 14. The lowest BCUT2D eigenvalue weighted by Crippen LogP contribution is -2.58. The summed E-state index contributed by atoms with van der Waals surface area (Å²) in [6, 6.07) is 0. The standard InChI is InChI=1S/C7H8F6N6O10/c8-6(16(20)21,17(22)23)3-28-1-5(14(10)11,15(12)13)2-29-4-7(9,18(24)25)19(26)27/h1-4H2. The van der Waals surface area contributed by atoms with Gasteiger partial charge in [0.05, 0.1) is 23.9 Å². The van der Waals surface area contributed by atoms with Gasteiger partial charge in [-0.15, -0.1) is 0 Å². The molecule has 0 aromatic carbocycles. The molecule has 0 saturated heterocycles. The van der Waals surface area contributed by atoms with E-state index in [9.17, 15) is 67.2 Å². The first-order valence-corrected chi connectivity index (χ1v) is 6.43. The summed E-state index contributed by atoms with van der Waals surface area (Å²) in [6.45, 7) is -8.88. The van der Waals surface area contributed by atoms with Crippen LogP contribution in [-0.4, -0.2) is 74.3 Å². The summed E-state index contributed by atoms with van der Waals surface area (Å²) in [7, 11) is 0. The highest BCUT2D eigenvalue weighted by Gasteiger charge is 2.61. The van der Waals surface area contributed by atoms with E-state index in [-0.39, 0.29) is 0 Å². The van der Waals surface area contributed by atoms with Crippen LogP contribution < -0.4 is 0 Å². The van der Waals surface area contributed by atoms with Gasteiger partial charge in [-0.25, -0.2) is 0 Å². The monoisotopic (exact) mass is 450 g/mol. The van der Waals surface area contributed by atoms with E-state index in [1.54, 1.807) is 0 Å². The minimum Gasteiger partial charge on any atom is -0.360 e. The molecule has 0 fully saturated rings. The topological polar surface area (TPSA) is 198 Å². The average molecular weight is 450 g/mol. The maximum atomic E-state index is 13.4. The molecule has 0 unspecified atom stereocenters. The Bertz CT molecular complexity index is 571. The van der Waals surface area contributed by atoms with Gasteiger partial charge in [0.1, 0.15) is 19.7 Å². The smallest absolute Gasteiger partial charge is 0.360 e. The van der Waals surface area contributed by atoms with E-state index in [1.807, 2.05) is 0 Å². The SMILES string of the molecule is O=[N+]([O-])C(F)(COCC(COCC(F)([N+](=O)[O-])[N+](=O)[O-])(N(F)F)N(F)F)[N+](=O)[O-]. The summed E-state index contributed by atoms with van der Waals surface area (Å²) in [4.78, 5) is 32.5. The fourth-order valence-corrected chi connectivity index (χ4v) is 1.33. The van der Waals surface area contributed by atoms with Gasteiger partial charge in [-0.3, -0.25) is 40.5 Å². The second-order valence-electron chi connectivity index (χ2n) is 4.90. The van der Waals surface area contributed by atoms with E-state index in [4.69, 9.17) is 0 Å². The van der Waals surface area contributed by atoms with Crippen LogP contribution in [0.25, 0.3) is 0 Å². The maximum absolute atomic E-state index is 13.4. The molecule has 29 heavy (non-hydrogen) atoms. The summed E-state index contributed by atoms with van der Waals surface area (Å²) in [6.07, 6.45) is 0. The van der Waals surface area contributed by atoms with Crippen LogP contribution in [-0.2, 0) is 9.47 Å². The third-order valence-electron chi connectivity index (χ3n) is 2.99. The fraction of sp³-hybridized carbons (Fsp3) is 1.00. The van der Waals surface area contributed by atoms with Crippen molar-refractivity contribution < 1.29 is 55.9 Å². The van der Waals surface area contributed by atoms with Crippen LogP contribution in [0.5, 0.6) is 0 Å². The van der Waals surface area contributed by atoms with Gasteiger partial charge in [-0.05, 0) is 0 Å². The summed E-state index contributed by atoms with van der Waals surface area (Å²) < 4.78 is 86.2. The fourth-order valence-electron chi connectivity index (χ4n) is 1.33. The molecule has 0 aromatic heterocycles. The minimum absolute atomic E-state index is 2.16. The molecule has 168 valence electrons. The molecule has 0 aliphatic carbocycles. The van der Waals surface area contributed by atoms with Gasteiger partial charge in [-0.1, -0.05) is 26.7 Å². The van der Waals surface area contributed by atoms with Crippen LogP contribution in [0, 0.1) is 40.5 Å². The van der Waals surface area contributed by atoms with Crippen molar-refractivity contribution in [3.8, 4) is 0 Å². The van der Waals surface area contributed by atoms with Crippen molar-refractivity contribution in [2.24, 2.45) is 0 Å². The van der Waals surface area contributed by atoms with Crippen molar-refractivity contribution >= 4 is 0 Å². The molecule has 22 heteroatoms. The van der Waals surface area contributed by atoms with Crippen molar-refractivity contribution in [1.29, 1.82) is 0 Å². The third kappa shape index (κ3) is 5.52. The molecule has 0 aromatic rings. The largest absolute Gasteiger partial charge is 0.637 e. The van der Waals surface area contributed by atoms with Crippen molar-refractivity contribution in [2.75, 3.05) is 26.4 Å². The molecule has 0 radical (unpaired) electrons. The van der Waals surface area contributed by atoms with E-state index in [1.165, 1.54) is 0 Å². The van der Waals surface area contributed by atoms with Gasteiger partial charge in [0.2, 0.25) is 18.9 Å². The van der Waals surface area contributed by atoms with Crippen LogP contribution in [0.4, 0.5) is 26.7 Å². The zero-order chi connectivity index (χ0) is 23.2. The third-order valence-corrected chi connectivity index (χ3v) is 2.99. The molecule has 0 rings (SSSR count). The van der Waals surface area contributed by atoms with E-state index in [0.717, 1.165) is 0 Å². The summed E-state index contributed by atoms with van der Waals surface area (Å²) >= 11 is 0. The second kappa shape index (κ2) is 9.48. The Morgan fingerprint density at radius 3 is 1.03 bits per heavy atom.